The SMILES string of the molecule is COc1ccccc1-c1ccc2cnc(Nc3ccc(N4CCCC(CN5CCN(C)CC5)C4)cc3)nn12. The van der Waals surface area contributed by atoms with Crippen molar-refractivity contribution in [2.24, 2.45) is 5.92 Å². The minimum atomic E-state index is 0.558. The second-order valence-electron chi connectivity index (χ2n) is 10.6. The Labute approximate surface area is 224 Å². The monoisotopic (exact) mass is 511 g/mol. The number of anilines is 3. The second-order valence-corrected chi connectivity index (χ2v) is 10.6. The highest BCUT2D eigenvalue weighted by atomic mass is 16.5. The molecule has 38 heavy (non-hydrogen) atoms. The highest BCUT2D eigenvalue weighted by molar-refractivity contribution is 5.72. The van der Waals surface area contributed by atoms with Gasteiger partial charge in [-0.15, -0.1) is 5.10 Å². The zero-order chi connectivity index (χ0) is 25.9. The first-order valence-corrected chi connectivity index (χ1v) is 13.7. The number of piperazine rings is 1. The molecular formula is C30H37N7O. The molecule has 4 heterocycles. The van der Waals surface area contributed by atoms with E-state index in [4.69, 9.17) is 9.84 Å². The van der Waals surface area contributed by atoms with E-state index in [2.05, 4.69) is 62.4 Å². The van der Waals surface area contributed by atoms with Gasteiger partial charge in [-0.3, -0.25) is 0 Å². The summed E-state index contributed by atoms with van der Waals surface area (Å²) in [6.07, 6.45) is 4.44. The number of hydrogen-bond acceptors (Lipinski definition) is 7. The number of methoxy groups -OCH3 is 1. The van der Waals surface area contributed by atoms with Crippen LogP contribution in [0.2, 0.25) is 0 Å². The summed E-state index contributed by atoms with van der Waals surface area (Å²) in [5.41, 5.74) is 5.16. The number of nitrogens with one attached hydrogen (secondary N) is 1. The van der Waals surface area contributed by atoms with Crippen molar-refractivity contribution in [1.82, 2.24) is 24.4 Å². The van der Waals surface area contributed by atoms with Crippen molar-refractivity contribution in [2.75, 3.05) is 70.2 Å². The predicted molar refractivity (Wildman–Crippen MR) is 154 cm³/mol. The fourth-order valence-electron chi connectivity index (χ4n) is 5.75. The van der Waals surface area contributed by atoms with Gasteiger partial charge in [0.15, 0.2) is 0 Å². The summed E-state index contributed by atoms with van der Waals surface area (Å²) in [6, 6.07) is 20.8. The fraction of sp³-hybridized carbons (Fsp3) is 0.400. The largest absolute Gasteiger partial charge is 0.496 e. The van der Waals surface area contributed by atoms with Gasteiger partial charge in [0.1, 0.15) is 5.75 Å². The van der Waals surface area contributed by atoms with E-state index in [9.17, 15) is 0 Å². The van der Waals surface area contributed by atoms with E-state index in [1.807, 2.05) is 41.0 Å². The summed E-state index contributed by atoms with van der Waals surface area (Å²) < 4.78 is 7.49. The zero-order valence-electron chi connectivity index (χ0n) is 22.4. The van der Waals surface area contributed by atoms with Crippen LogP contribution in [-0.2, 0) is 0 Å². The van der Waals surface area contributed by atoms with E-state index >= 15 is 0 Å². The van der Waals surface area contributed by atoms with Gasteiger partial charge in [-0.05, 0) is 74.3 Å². The molecule has 0 aliphatic carbocycles. The molecule has 0 saturated carbocycles. The summed E-state index contributed by atoms with van der Waals surface area (Å²) >= 11 is 0. The predicted octanol–water partition coefficient (Wildman–Crippen LogP) is 4.61. The Morgan fingerprint density at radius 1 is 0.947 bits per heavy atom. The number of para-hydroxylation sites is 1. The molecule has 4 aromatic rings. The molecular weight excluding hydrogens is 474 g/mol. The van der Waals surface area contributed by atoms with Crippen LogP contribution in [0.3, 0.4) is 0 Å². The summed E-state index contributed by atoms with van der Waals surface area (Å²) in [6.45, 7) is 8.26. The normalized spacial score (nSPS) is 19.1. The molecule has 2 saturated heterocycles. The van der Waals surface area contributed by atoms with Gasteiger partial charge in [0, 0.05) is 62.8 Å². The number of rotatable bonds is 7. The van der Waals surface area contributed by atoms with E-state index in [1.54, 1.807) is 7.11 Å². The van der Waals surface area contributed by atoms with Crippen LogP contribution in [0.1, 0.15) is 12.8 Å². The molecule has 8 heteroatoms. The van der Waals surface area contributed by atoms with Gasteiger partial charge in [-0.2, -0.15) is 0 Å². The summed E-state index contributed by atoms with van der Waals surface area (Å²) in [7, 11) is 3.92. The number of benzene rings is 2. The van der Waals surface area contributed by atoms with Crippen LogP contribution in [0.25, 0.3) is 16.8 Å². The summed E-state index contributed by atoms with van der Waals surface area (Å²) in [5.74, 6) is 2.12. The molecule has 0 bridgehead atoms. The molecule has 0 spiro atoms. The lowest BCUT2D eigenvalue weighted by molar-refractivity contribution is 0.131. The van der Waals surface area contributed by atoms with Crippen molar-refractivity contribution >= 4 is 22.8 Å². The van der Waals surface area contributed by atoms with Crippen molar-refractivity contribution in [2.45, 2.75) is 12.8 Å². The number of piperidine rings is 1. The Morgan fingerprint density at radius 3 is 2.58 bits per heavy atom. The first-order chi connectivity index (χ1) is 18.7. The molecule has 2 fully saturated rings. The molecule has 1 atom stereocenters. The minimum absolute atomic E-state index is 0.558. The average molecular weight is 512 g/mol. The number of likely N-dealkylation sites (N-methyl/N-ethyl adjacent to an activating group) is 1. The molecule has 1 unspecified atom stereocenters. The van der Waals surface area contributed by atoms with Crippen LogP contribution in [0, 0.1) is 5.92 Å². The third-order valence-corrected chi connectivity index (χ3v) is 7.90. The zero-order valence-corrected chi connectivity index (χ0v) is 22.4. The standard InChI is InChI=1S/C30H37N7O/c1-34-16-18-35(19-17-34)21-23-6-5-15-36(22-23)25-11-9-24(10-12-25)32-30-31-20-26-13-14-28(37(26)33-30)27-7-3-4-8-29(27)38-2/h3-4,7-14,20,23H,5-6,15-19,21-22H2,1-2H3,(H,32,33). The molecule has 0 amide bonds. The maximum atomic E-state index is 5.57. The van der Waals surface area contributed by atoms with Gasteiger partial charge < -0.3 is 24.8 Å². The smallest absolute Gasteiger partial charge is 0.245 e. The van der Waals surface area contributed by atoms with E-state index in [0.717, 1.165) is 47.2 Å². The van der Waals surface area contributed by atoms with Crippen molar-refractivity contribution in [3.8, 4) is 17.0 Å². The lowest BCUT2D eigenvalue weighted by atomic mass is 9.96. The van der Waals surface area contributed by atoms with Gasteiger partial charge in [0.25, 0.3) is 0 Å². The minimum Gasteiger partial charge on any atom is -0.496 e. The molecule has 2 aliphatic rings. The van der Waals surface area contributed by atoms with E-state index in [-0.39, 0.29) is 0 Å². The van der Waals surface area contributed by atoms with Crippen molar-refractivity contribution in [3.63, 3.8) is 0 Å². The lowest BCUT2D eigenvalue weighted by Crippen LogP contribution is -2.48. The van der Waals surface area contributed by atoms with Crippen LogP contribution in [0.4, 0.5) is 17.3 Å². The van der Waals surface area contributed by atoms with E-state index < -0.39 is 0 Å². The van der Waals surface area contributed by atoms with Crippen molar-refractivity contribution in [1.29, 1.82) is 0 Å². The number of aromatic nitrogens is 3. The number of fused-ring (bicyclic) bond motifs is 1. The van der Waals surface area contributed by atoms with Gasteiger partial charge in [-0.25, -0.2) is 9.50 Å². The molecule has 6 rings (SSSR count). The molecule has 2 aliphatic heterocycles. The topological polar surface area (TPSA) is 61.2 Å². The van der Waals surface area contributed by atoms with Crippen LogP contribution in [-0.4, -0.2) is 84.4 Å². The Bertz CT molecular complexity index is 1360. The number of hydrogen-bond donors (Lipinski definition) is 1. The lowest BCUT2D eigenvalue weighted by Gasteiger charge is -2.39. The Balaban J connectivity index is 1.13. The van der Waals surface area contributed by atoms with E-state index in [0.29, 0.717) is 5.95 Å². The molecule has 198 valence electrons. The van der Waals surface area contributed by atoms with Crippen LogP contribution < -0.4 is 15.0 Å². The molecule has 2 aromatic carbocycles. The van der Waals surface area contributed by atoms with Gasteiger partial charge >= 0.3 is 0 Å². The van der Waals surface area contributed by atoms with Gasteiger partial charge in [0.2, 0.25) is 5.95 Å². The summed E-state index contributed by atoms with van der Waals surface area (Å²) in [4.78, 5) is 12.2. The van der Waals surface area contributed by atoms with E-state index in [1.165, 1.54) is 51.3 Å². The van der Waals surface area contributed by atoms with Gasteiger partial charge in [-0.1, -0.05) is 12.1 Å². The Hall–Kier alpha value is -3.62. The first kappa shape index (κ1) is 24.7. The summed E-state index contributed by atoms with van der Waals surface area (Å²) in [5, 5.41) is 8.17. The third-order valence-electron chi connectivity index (χ3n) is 7.90. The molecule has 8 nitrogen and oxygen atoms in total. The number of ether oxygens (including phenoxy) is 1. The average Bonchev–Trinajstić information content (AvgIpc) is 3.38. The molecule has 2 aromatic heterocycles. The van der Waals surface area contributed by atoms with Crippen molar-refractivity contribution < 1.29 is 4.74 Å². The molecule has 0 radical (unpaired) electrons. The highest BCUT2D eigenvalue weighted by Gasteiger charge is 2.24. The van der Waals surface area contributed by atoms with Crippen LogP contribution >= 0.6 is 0 Å². The Kier molecular flexibility index (Phi) is 7.16. The Morgan fingerprint density at radius 2 is 1.76 bits per heavy atom. The van der Waals surface area contributed by atoms with Crippen molar-refractivity contribution in [3.05, 3.63) is 66.9 Å². The quantitative estimate of drug-likeness (QED) is 0.389. The first-order valence-electron chi connectivity index (χ1n) is 13.7. The fourth-order valence-corrected chi connectivity index (χ4v) is 5.75. The van der Waals surface area contributed by atoms with Gasteiger partial charge in [0.05, 0.1) is 24.5 Å². The third kappa shape index (κ3) is 5.33. The van der Waals surface area contributed by atoms with Crippen LogP contribution in [0.15, 0.2) is 66.9 Å². The highest BCUT2D eigenvalue weighted by Crippen LogP contribution is 2.31. The second kappa shape index (κ2) is 11.0. The maximum absolute atomic E-state index is 5.57. The number of nitrogens with zero attached hydrogens (tertiary/aromatic N) is 6. The maximum Gasteiger partial charge on any atom is 0.245 e. The molecule has 1 N–H and O–H groups in total. The van der Waals surface area contributed by atoms with Crippen LogP contribution in [0.5, 0.6) is 5.75 Å².